The van der Waals surface area contributed by atoms with Gasteiger partial charge >= 0.3 is 0 Å². The second kappa shape index (κ2) is 4.92. The molecule has 15 heavy (non-hydrogen) atoms. The molecular formula is C10H8Cl2N2S. The zero-order chi connectivity index (χ0) is 10.7. The number of halogens is 2. The summed E-state index contributed by atoms with van der Waals surface area (Å²) in [5.41, 5.74) is 1.08. The highest BCUT2D eigenvalue weighted by atomic mass is 35.5. The van der Waals surface area contributed by atoms with Crippen LogP contribution in [0.25, 0.3) is 0 Å². The van der Waals surface area contributed by atoms with E-state index in [0.29, 0.717) is 10.0 Å². The van der Waals surface area contributed by atoms with E-state index >= 15 is 0 Å². The molecule has 0 aliphatic carbocycles. The van der Waals surface area contributed by atoms with Crippen LogP contribution in [-0.2, 0) is 5.75 Å². The smallest absolute Gasteiger partial charge is 0.0921 e. The molecule has 0 saturated carbocycles. The van der Waals surface area contributed by atoms with Gasteiger partial charge in [-0.15, -0.1) is 11.8 Å². The topological polar surface area (TPSA) is 28.7 Å². The minimum atomic E-state index is 0.658. The molecule has 2 nitrogen and oxygen atoms in total. The maximum Gasteiger partial charge on any atom is 0.0921 e. The normalized spacial score (nSPS) is 10.5. The number of nitrogens with zero attached hydrogens (tertiary/aromatic N) is 1. The number of benzene rings is 1. The van der Waals surface area contributed by atoms with E-state index in [9.17, 15) is 0 Å². The highest BCUT2D eigenvalue weighted by Gasteiger charge is 2.02. The van der Waals surface area contributed by atoms with Gasteiger partial charge in [-0.1, -0.05) is 23.2 Å². The predicted octanol–water partition coefficient (Wildman–Crippen LogP) is 4.01. The van der Waals surface area contributed by atoms with Crippen LogP contribution in [-0.4, -0.2) is 9.97 Å². The van der Waals surface area contributed by atoms with Crippen molar-refractivity contribution >= 4 is 35.0 Å². The Kier molecular flexibility index (Phi) is 3.57. The standard InChI is InChI=1S/C10H8Cl2N2S/c11-7-1-2-10(9(12)3-7)15-5-8-4-13-6-14-8/h1-4,6H,5H2,(H,13,14). The average Bonchev–Trinajstić information content (AvgIpc) is 2.69. The van der Waals surface area contributed by atoms with Gasteiger partial charge in [0.05, 0.1) is 11.3 Å². The molecule has 5 heteroatoms. The fraction of sp³-hybridized carbons (Fsp3) is 0.100. The minimum Gasteiger partial charge on any atom is -0.348 e. The number of thioether (sulfide) groups is 1. The molecule has 2 rings (SSSR count). The van der Waals surface area contributed by atoms with E-state index in [1.54, 1.807) is 30.4 Å². The van der Waals surface area contributed by atoms with Crippen LogP contribution in [0.15, 0.2) is 35.6 Å². The molecule has 1 aromatic carbocycles. The summed E-state index contributed by atoms with van der Waals surface area (Å²) in [4.78, 5) is 8.01. The SMILES string of the molecule is Clc1ccc(SCc2cnc[nH]2)c(Cl)c1. The first-order valence-corrected chi connectivity index (χ1v) is 6.05. The van der Waals surface area contributed by atoms with Crippen LogP contribution in [0.3, 0.4) is 0 Å². The van der Waals surface area contributed by atoms with Crippen LogP contribution in [0.2, 0.25) is 10.0 Å². The average molecular weight is 259 g/mol. The van der Waals surface area contributed by atoms with Gasteiger partial charge < -0.3 is 4.98 Å². The number of hydrogen-bond acceptors (Lipinski definition) is 2. The molecule has 0 bridgehead atoms. The van der Waals surface area contributed by atoms with Crippen LogP contribution in [0.4, 0.5) is 0 Å². The van der Waals surface area contributed by atoms with E-state index in [1.807, 2.05) is 12.1 Å². The summed E-state index contributed by atoms with van der Waals surface area (Å²) in [5.74, 6) is 0.821. The lowest BCUT2D eigenvalue weighted by molar-refractivity contribution is 1.22. The van der Waals surface area contributed by atoms with Gasteiger partial charge in [0, 0.05) is 27.6 Å². The number of aromatic amines is 1. The summed E-state index contributed by atoms with van der Waals surface area (Å²) >= 11 is 13.5. The largest absolute Gasteiger partial charge is 0.348 e. The van der Waals surface area contributed by atoms with Crippen molar-refractivity contribution in [1.82, 2.24) is 9.97 Å². The highest BCUT2D eigenvalue weighted by Crippen LogP contribution is 2.31. The van der Waals surface area contributed by atoms with Gasteiger partial charge in [-0.05, 0) is 18.2 Å². The summed E-state index contributed by atoms with van der Waals surface area (Å²) in [6.07, 6.45) is 3.47. The molecule has 0 spiro atoms. The van der Waals surface area contributed by atoms with Crippen molar-refractivity contribution in [2.75, 3.05) is 0 Å². The summed E-state index contributed by atoms with van der Waals surface area (Å²) in [7, 11) is 0. The van der Waals surface area contributed by atoms with Crippen LogP contribution in [0.5, 0.6) is 0 Å². The molecular weight excluding hydrogens is 251 g/mol. The summed E-state index contributed by atoms with van der Waals surface area (Å²) in [6, 6.07) is 5.51. The van der Waals surface area contributed by atoms with Gasteiger partial charge in [0.1, 0.15) is 0 Å². The van der Waals surface area contributed by atoms with Crippen molar-refractivity contribution in [3.63, 3.8) is 0 Å². The molecule has 1 heterocycles. The summed E-state index contributed by atoms with van der Waals surface area (Å²) < 4.78 is 0. The van der Waals surface area contributed by atoms with Crippen LogP contribution < -0.4 is 0 Å². The van der Waals surface area contributed by atoms with E-state index in [0.717, 1.165) is 16.3 Å². The molecule has 1 aromatic heterocycles. The third-order valence-corrected chi connectivity index (χ3v) is 3.61. The van der Waals surface area contributed by atoms with Crippen molar-refractivity contribution in [2.24, 2.45) is 0 Å². The van der Waals surface area contributed by atoms with Gasteiger partial charge in [0.15, 0.2) is 0 Å². The Bertz CT molecular complexity index is 443. The second-order valence-electron chi connectivity index (χ2n) is 2.94. The van der Waals surface area contributed by atoms with Crippen LogP contribution in [0.1, 0.15) is 5.69 Å². The van der Waals surface area contributed by atoms with Crippen molar-refractivity contribution < 1.29 is 0 Å². The quantitative estimate of drug-likeness (QED) is 0.843. The fourth-order valence-electron chi connectivity index (χ4n) is 1.11. The number of H-pyrrole nitrogens is 1. The molecule has 0 saturated heterocycles. The zero-order valence-corrected chi connectivity index (χ0v) is 10.0. The van der Waals surface area contributed by atoms with Crippen molar-refractivity contribution in [1.29, 1.82) is 0 Å². The second-order valence-corrected chi connectivity index (χ2v) is 4.80. The van der Waals surface area contributed by atoms with E-state index in [-0.39, 0.29) is 0 Å². The Morgan fingerprint density at radius 1 is 1.33 bits per heavy atom. The van der Waals surface area contributed by atoms with Crippen LogP contribution >= 0.6 is 35.0 Å². The molecule has 0 fully saturated rings. The molecule has 2 aromatic rings. The number of rotatable bonds is 3. The molecule has 0 unspecified atom stereocenters. The van der Waals surface area contributed by atoms with Gasteiger partial charge in [-0.2, -0.15) is 0 Å². The zero-order valence-electron chi connectivity index (χ0n) is 7.71. The van der Waals surface area contributed by atoms with E-state index < -0.39 is 0 Å². The Hall–Kier alpha value is -0.640. The Morgan fingerprint density at radius 3 is 2.87 bits per heavy atom. The molecule has 1 N–H and O–H groups in total. The van der Waals surface area contributed by atoms with E-state index in [4.69, 9.17) is 23.2 Å². The van der Waals surface area contributed by atoms with Gasteiger partial charge in [-0.3, -0.25) is 0 Å². The molecule has 0 aliphatic heterocycles. The Balaban J connectivity index is 2.05. The number of aromatic nitrogens is 2. The van der Waals surface area contributed by atoms with Crippen molar-refractivity contribution in [2.45, 2.75) is 10.6 Å². The minimum absolute atomic E-state index is 0.658. The Morgan fingerprint density at radius 2 is 2.20 bits per heavy atom. The third kappa shape index (κ3) is 2.91. The first-order chi connectivity index (χ1) is 7.25. The molecule has 0 amide bonds. The first kappa shape index (κ1) is 10.9. The Labute approximate surface area is 102 Å². The fourth-order valence-corrected chi connectivity index (χ4v) is 2.51. The maximum atomic E-state index is 6.04. The van der Waals surface area contributed by atoms with Crippen LogP contribution in [0, 0.1) is 0 Å². The number of nitrogens with one attached hydrogen (secondary N) is 1. The number of imidazole rings is 1. The molecule has 0 radical (unpaired) electrons. The summed E-state index contributed by atoms with van der Waals surface area (Å²) in [6.45, 7) is 0. The lowest BCUT2D eigenvalue weighted by atomic mass is 10.4. The summed E-state index contributed by atoms with van der Waals surface area (Å²) in [5, 5.41) is 1.35. The lowest BCUT2D eigenvalue weighted by Gasteiger charge is -2.02. The van der Waals surface area contributed by atoms with Gasteiger partial charge in [0.25, 0.3) is 0 Å². The van der Waals surface area contributed by atoms with Crippen molar-refractivity contribution in [3.8, 4) is 0 Å². The third-order valence-electron chi connectivity index (χ3n) is 1.83. The number of hydrogen-bond donors (Lipinski definition) is 1. The van der Waals surface area contributed by atoms with Gasteiger partial charge in [0.2, 0.25) is 0 Å². The maximum absolute atomic E-state index is 6.04. The monoisotopic (exact) mass is 258 g/mol. The van der Waals surface area contributed by atoms with E-state index in [2.05, 4.69) is 9.97 Å². The molecule has 78 valence electrons. The van der Waals surface area contributed by atoms with Crippen molar-refractivity contribution in [3.05, 3.63) is 46.5 Å². The first-order valence-electron chi connectivity index (χ1n) is 4.31. The lowest BCUT2D eigenvalue weighted by Crippen LogP contribution is -1.80. The predicted molar refractivity (Wildman–Crippen MR) is 64.6 cm³/mol. The highest BCUT2D eigenvalue weighted by molar-refractivity contribution is 7.98. The van der Waals surface area contributed by atoms with E-state index in [1.165, 1.54) is 0 Å². The van der Waals surface area contributed by atoms with Gasteiger partial charge in [-0.25, -0.2) is 4.98 Å². The molecule has 0 aliphatic rings. The molecule has 0 atom stereocenters.